The van der Waals surface area contributed by atoms with Crippen LogP contribution in [0.25, 0.3) is 0 Å². The summed E-state index contributed by atoms with van der Waals surface area (Å²) < 4.78 is 0. The number of unbranched alkanes of at least 4 members (excludes halogenated alkanes) is 32. The molecule has 0 heterocycles. The van der Waals surface area contributed by atoms with Crippen LogP contribution >= 0.6 is 0 Å². The number of carbonyl (C=O) groups excluding carboxylic acids is 5. The summed E-state index contributed by atoms with van der Waals surface area (Å²) in [5, 5.41) is 8.67. The molecule has 0 rings (SSSR count). The van der Waals surface area contributed by atoms with Crippen LogP contribution in [0, 0.1) is 0 Å². The molecule has 0 bridgehead atoms. The first-order valence-electron chi connectivity index (χ1n) is 29.1. The van der Waals surface area contributed by atoms with Crippen molar-refractivity contribution in [1.29, 1.82) is 0 Å². The van der Waals surface area contributed by atoms with Gasteiger partial charge in [-0.2, -0.15) is 0 Å². The van der Waals surface area contributed by atoms with Gasteiger partial charge >= 0.3 is 0 Å². The Bertz CT molecular complexity index is 1200. The van der Waals surface area contributed by atoms with E-state index in [-0.39, 0.29) is 42.9 Å². The van der Waals surface area contributed by atoms with Crippen molar-refractivity contribution in [1.82, 2.24) is 20.9 Å². The van der Waals surface area contributed by atoms with E-state index in [0.717, 1.165) is 25.7 Å². The van der Waals surface area contributed by atoms with Crippen molar-refractivity contribution in [3.05, 3.63) is 0 Å². The van der Waals surface area contributed by atoms with E-state index in [9.17, 15) is 24.0 Å². The summed E-state index contributed by atoms with van der Waals surface area (Å²) in [6, 6.07) is -0.891. The minimum Gasteiger partial charge on any atom is -0.370 e. The molecule has 0 radical (unpaired) electrons. The van der Waals surface area contributed by atoms with E-state index in [0.29, 0.717) is 64.8 Å². The number of nitrogens with one attached hydrogen (secondary N) is 3. The zero-order chi connectivity index (χ0) is 50.7. The van der Waals surface area contributed by atoms with Crippen molar-refractivity contribution in [2.45, 2.75) is 290 Å². The summed E-state index contributed by atoms with van der Waals surface area (Å²) in [5.74, 6) is -1.28. The van der Waals surface area contributed by atoms with E-state index in [4.69, 9.17) is 17.2 Å². The summed E-state index contributed by atoms with van der Waals surface area (Å²) in [7, 11) is 0. The van der Waals surface area contributed by atoms with Crippen LogP contribution in [0.2, 0.25) is 0 Å². The lowest BCUT2D eigenvalue weighted by Gasteiger charge is -2.23. The van der Waals surface area contributed by atoms with Gasteiger partial charge < -0.3 is 38.1 Å². The van der Waals surface area contributed by atoms with Gasteiger partial charge in [0.25, 0.3) is 0 Å². The second-order valence-electron chi connectivity index (χ2n) is 20.1. The number of aliphatic imine (C=N–C) groups is 1. The van der Waals surface area contributed by atoms with Crippen LogP contribution in [0.4, 0.5) is 0 Å². The van der Waals surface area contributed by atoms with E-state index >= 15 is 0 Å². The Labute approximate surface area is 423 Å². The molecule has 0 saturated carbocycles. The molecule has 0 unspecified atom stereocenters. The average Bonchev–Trinajstić information content (AvgIpc) is 3.32. The Morgan fingerprint density at radius 3 is 1.06 bits per heavy atom. The van der Waals surface area contributed by atoms with Gasteiger partial charge in [0, 0.05) is 58.4 Å². The molecule has 69 heavy (non-hydrogen) atoms. The maximum atomic E-state index is 13.4. The molecule has 0 aliphatic heterocycles. The van der Waals surface area contributed by atoms with Crippen LogP contribution in [0.3, 0.4) is 0 Å². The van der Waals surface area contributed by atoms with Gasteiger partial charge in [-0.3, -0.25) is 29.0 Å². The van der Waals surface area contributed by atoms with Crippen LogP contribution in [-0.2, 0) is 24.0 Å². The molecule has 0 aromatic heterocycles. The lowest BCUT2D eigenvalue weighted by molar-refractivity contribution is -0.134. The fraction of sp³-hybridized carbons (Fsp3) is 0.893. The molecule has 0 saturated heterocycles. The summed E-state index contributed by atoms with van der Waals surface area (Å²) in [4.78, 5) is 68.9. The number of primary amides is 1. The van der Waals surface area contributed by atoms with Crippen molar-refractivity contribution < 1.29 is 24.0 Å². The number of rotatable bonds is 53. The molecule has 1 atom stereocenters. The minimum atomic E-state index is -0.891. The predicted molar refractivity (Wildman–Crippen MR) is 290 cm³/mol. The third-order valence-electron chi connectivity index (χ3n) is 13.4. The summed E-state index contributed by atoms with van der Waals surface area (Å²) >= 11 is 0. The van der Waals surface area contributed by atoms with Gasteiger partial charge in [-0.25, -0.2) is 0 Å². The molecule has 0 aromatic carbocycles. The normalized spacial score (nSPS) is 11.6. The fourth-order valence-corrected chi connectivity index (χ4v) is 8.99. The number of guanidine groups is 1. The first-order valence-corrected chi connectivity index (χ1v) is 29.1. The topological polar surface area (TPSA) is 215 Å². The molecule has 0 aliphatic carbocycles. The van der Waals surface area contributed by atoms with Gasteiger partial charge in [-0.15, -0.1) is 0 Å². The molecule has 5 amide bonds. The molecule has 9 N–H and O–H groups in total. The number of carbonyl (C=O) groups is 5. The maximum Gasteiger partial charge on any atom is 0.240 e. The SMILES string of the molecule is CCCCCCCCCCCCCCCCCCCC(=O)NCCCN(CCCNC(=O)CCCCCCCCCCCCCCCCCCC)C(=O)CCC(=O)N[C@@H](CCCN=C(N)N)C(N)=O. The molecule has 0 fully saturated rings. The predicted octanol–water partition coefficient (Wildman–Crippen LogP) is 11.7. The van der Waals surface area contributed by atoms with Crippen molar-refractivity contribution in [3.8, 4) is 0 Å². The Morgan fingerprint density at radius 1 is 0.406 bits per heavy atom. The highest BCUT2D eigenvalue weighted by atomic mass is 16.2. The highest BCUT2D eigenvalue weighted by molar-refractivity contribution is 5.88. The van der Waals surface area contributed by atoms with Crippen LogP contribution in [0.1, 0.15) is 284 Å². The Morgan fingerprint density at radius 2 is 0.739 bits per heavy atom. The second kappa shape index (κ2) is 51.0. The molecule has 13 heteroatoms. The van der Waals surface area contributed by atoms with Crippen LogP contribution in [-0.4, -0.2) is 79.2 Å². The van der Waals surface area contributed by atoms with Gasteiger partial charge in [0.2, 0.25) is 29.5 Å². The van der Waals surface area contributed by atoms with Crippen molar-refractivity contribution in [3.63, 3.8) is 0 Å². The Balaban J connectivity index is 4.46. The zero-order valence-electron chi connectivity index (χ0n) is 45.0. The fourth-order valence-electron chi connectivity index (χ4n) is 8.99. The first-order chi connectivity index (χ1) is 33.6. The Kier molecular flexibility index (Phi) is 48.5. The van der Waals surface area contributed by atoms with Gasteiger partial charge in [0.15, 0.2) is 5.96 Å². The zero-order valence-corrected chi connectivity index (χ0v) is 45.0. The average molecular weight is 976 g/mol. The number of hydrogen-bond donors (Lipinski definition) is 6. The van der Waals surface area contributed by atoms with Gasteiger partial charge in [-0.05, 0) is 38.5 Å². The largest absolute Gasteiger partial charge is 0.370 e. The quantitative estimate of drug-likeness (QED) is 0.0197. The highest BCUT2D eigenvalue weighted by Gasteiger charge is 2.20. The summed E-state index contributed by atoms with van der Waals surface area (Å²) in [5.41, 5.74) is 16.2. The number of amides is 5. The summed E-state index contributed by atoms with van der Waals surface area (Å²) in [6.45, 7) is 6.60. The first kappa shape index (κ1) is 65.6. The molecular weight excluding hydrogens is 865 g/mol. The minimum absolute atomic E-state index is 0.0371. The molecule has 13 nitrogen and oxygen atoms in total. The standard InChI is InChI=1S/C56H110N8O5/c1-3-5-7-9-11-13-15-17-19-21-23-25-27-29-31-33-35-41-51(65)60-46-38-48-64(54(68)44-43-53(67)63-50(55(57)69)40-37-45-62-56(58)59)49-39-47-61-52(66)42-36-34-32-30-28-26-24-22-20-18-16-14-12-10-8-6-4-2/h50H,3-49H2,1-2H3,(H2,57,69)(H,60,65)(H,61,66)(H,63,67)(H4,58,59,62)/t50-/m0/s1. The van der Waals surface area contributed by atoms with E-state index < -0.39 is 17.9 Å². The van der Waals surface area contributed by atoms with E-state index in [1.807, 2.05) is 0 Å². The number of hydrogen-bond acceptors (Lipinski definition) is 6. The van der Waals surface area contributed by atoms with Crippen LogP contribution < -0.4 is 33.2 Å². The molecule has 0 aliphatic rings. The molecule has 0 spiro atoms. The molecular formula is C56H110N8O5. The third kappa shape index (κ3) is 48.0. The molecule has 404 valence electrons. The van der Waals surface area contributed by atoms with Crippen molar-refractivity contribution in [2.75, 3.05) is 32.7 Å². The van der Waals surface area contributed by atoms with Crippen molar-refractivity contribution in [2.24, 2.45) is 22.2 Å². The second-order valence-corrected chi connectivity index (χ2v) is 20.1. The van der Waals surface area contributed by atoms with E-state index in [1.54, 1.807) is 4.90 Å². The third-order valence-corrected chi connectivity index (χ3v) is 13.4. The lowest BCUT2D eigenvalue weighted by atomic mass is 10.0. The number of nitrogens with zero attached hydrogens (tertiary/aromatic N) is 2. The lowest BCUT2D eigenvalue weighted by Crippen LogP contribution is -2.45. The Hall–Kier alpha value is -3.38. The van der Waals surface area contributed by atoms with Crippen LogP contribution in [0.5, 0.6) is 0 Å². The van der Waals surface area contributed by atoms with Gasteiger partial charge in [-0.1, -0.05) is 219 Å². The number of nitrogens with two attached hydrogens (primary N) is 3. The highest BCUT2D eigenvalue weighted by Crippen LogP contribution is 2.16. The summed E-state index contributed by atoms with van der Waals surface area (Å²) in [6.07, 6.45) is 47.1. The molecule has 0 aromatic rings. The maximum absolute atomic E-state index is 13.4. The smallest absolute Gasteiger partial charge is 0.240 e. The van der Waals surface area contributed by atoms with E-state index in [2.05, 4.69) is 34.8 Å². The van der Waals surface area contributed by atoms with Gasteiger partial charge in [0.05, 0.1) is 0 Å². The van der Waals surface area contributed by atoms with Crippen molar-refractivity contribution >= 4 is 35.5 Å². The monoisotopic (exact) mass is 975 g/mol. The van der Waals surface area contributed by atoms with E-state index in [1.165, 1.54) is 193 Å². The van der Waals surface area contributed by atoms with Gasteiger partial charge in [0.1, 0.15) is 6.04 Å². The van der Waals surface area contributed by atoms with Crippen LogP contribution in [0.15, 0.2) is 4.99 Å².